The molecule has 3 aliphatic heterocycles. The number of nitrogens with zero attached hydrogens (tertiary/aromatic N) is 1. The minimum Gasteiger partial charge on any atom is -0.324 e. The number of rotatable bonds is 6. The highest BCUT2D eigenvalue weighted by Gasteiger charge is 2.70. The normalized spacial score (nSPS) is 30.9. The van der Waals surface area contributed by atoms with Crippen LogP contribution in [-0.2, 0) is 19.9 Å². The molecule has 2 fully saturated rings. The van der Waals surface area contributed by atoms with E-state index in [4.69, 9.17) is 0 Å². The third-order valence-electron chi connectivity index (χ3n) is 6.14. The van der Waals surface area contributed by atoms with Crippen LogP contribution in [0.3, 0.4) is 0 Å². The molecule has 4 atom stereocenters. The van der Waals surface area contributed by atoms with Crippen LogP contribution in [0.2, 0.25) is 0 Å². The minimum atomic E-state index is -1.18. The van der Waals surface area contributed by atoms with E-state index >= 15 is 0 Å². The van der Waals surface area contributed by atoms with Gasteiger partial charge in [-0.05, 0) is 43.0 Å². The van der Waals surface area contributed by atoms with Gasteiger partial charge in [-0.15, -0.1) is 0 Å². The summed E-state index contributed by atoms with van der Waals surface area (Å²) in [6, 6.07) is 5.40. The van der Waals surface area contributed by atoms with Gasteiger partial charge in [0.15, 0.2) is 0 Å². The summed E-state index contributed by atoms with van der Waals surface area (Å²) < 4.78 is 0.840. The van der Waals surface area contributed by atoms with Crippen molar-refractivity contribution in [2.45, 2.75) is 37.8 Å². The van der Waals surface area contributed by atoms with Gasteiger partial charge in [0.1, 0.15) is 5.54 Å². The topological polar surface area (TPSA) is 78.5 Å². The first-order valence-electron chi connectivity index (χ1n) is 9.69. The summed E-state index contributed by atoms with van der Waals surface area (Å²) in [4.78, 5) is 41.2. The lowest BCUT2D eigenvalue weighted by Crippen LogP contribution is -2.53. The lowest BCUT2D eigenvalue weighted by molar-refractivity contribution is -0.142. The van der Waals surface area contributed by atoms with E-state index in [-0.39, 0.29) is 23.8 Å². The van der Waals surface area contributed by atoms with Crippen molar-refractivity contribution < 1.29 is 14.4 Å². The number of fused-ring (bicyclic) bond motifs is 4. The molecule has 1 aromatic rings. The molecule has 0 bridgehead atoms. The molecule has 1 aromatic carbocycles. The van der Waals surface area contributed by atoms with Crippen LogP contribution >= 0.6 is 27.7 Å². The summed E-state index contributed by atoms with van der Waals surface area (Å²) in [7, 11) is 0. The predicted molar refractivity (Wildman–Crippen MR) is 113 cm³/mol. The third-order valence-corrected chi connectivity index (χ3v) is 7.27. The largest absolute Gasteiger partial charge is 0.324 e. The zero-order valence-corrected chi connectivity index (χ0v) is 18.4. The quantitative estimate of drug-likeness (QED) is 0.631. The number of benzene rings is 1. The zero-order valence-electron chi connectivity index (χ0n) is 16.0. The molecule has 3 heterocycles. The molecule has 8 heteroatoms. The van der Waals surface area contributed by atoms with Crippen LogP contribution in [0, 0.1) is 11.8 Å². The summed E-state index contributed by atoms with van der Waals surface area (Å²) in [5.74, 6) is -0.909. The van der Waals surface area contributed by atoms with E-state index in [9.17, 15) is 14.4 Å². The van der Waals surface area contributed by atoms with Crippen molar-refractivity contribution in [2.24, 2.45) is 11.8 Å². The van der Waals surface area contributed by atoms with Crippen LogP contribution in [0.5, 0.6) is 0 Å². The van der Waals surface area contributed by atoms with Crippen molar-refractivity contribution in [3.05, 3.63) is 28.2 Å². The van der Waals surface area contributed by atoms with Crippen molar-refractivity contribution >= 4 is 51.1 Å². The molecule has 150 valence electrons. The van der Waals surface area contributed by atoms with Gasteiger partial charge in [-0.2, -0.15) is 11.8 Å². The molecule has 0 saturated carbocycles. The van der Waals surface area contributed by atoms with Crippen molar-refractivity contribution in [1.29, 1.82) is 0 Å². The number of likely N-dealkylation sites (tertiary alicyclic amines) is 1. The van der Waals surface area contributed by atoms with E-state index in [1.807, 2.05) is 31.4 Å². The summed E-state index contributed by atoms with van der Waals surface area (Å²) in [5, 5.41) is 6.39. The maximum atomic E-state index is 13.4. The number of hydrogen-bond donors (Lipinski definition) is 2. The molecular weight excluding hydrogens is 442 g/mol. The summed E-state index contributed by atoms with van der Waals surface area (Å²) >= 11 is 5.19. The van der Waals surface area contributed by atoms with Gasteiger partial charge < -0.3 is 5.32 Å². The Balaban J connectivity index is 1.81. The Morgan fingerprint density at radius 2 is 2.04 bits per heavy atom. The summed E-state index contributed by atoms with van der Waals surface area (Å²) in [5.41, 5.74) is 0.282. The molecule has 0 aromatic heterocycles. The Morgan fingerprint density at radius 1 is 1.25 bits per heavy atom. The van der Waals surface area contributed by atoms with Gasteiger partial charge in [0.25, 0.3) is 0 Å². The predicted octanol–water partition coefficient (Wildman–Crippen LogP) is 2.72. The first-order chi connectivity index (χ1) is 13.5. The van der Waals surface area contributed by atoms with E-state index in [0.717, 1.165) is 35.1 Å². The standard InChI is InChI=1S/C20H24BrN3O3S/c1-3-4-8-24-17(25)15-14(7-9-28-2)23-20(16(15)18(24)26)12-10-11(21)5-6-13(12)22-19(20)27/h5-6,10,14-16,23H,3-4,7-9H2,1-2H3,(H,22,27)/t14-,15+,16-,20-/m0/s1. The SMILES string of the molecule is CCCCN1C(=O)[C@@H]2[C@H](CCSC)N[C@]3(C(=O)Nc4ccc(Br)cc43)[C@@H]2C1=O. The second-order valence-electron chi connectivity index (χ2n) is 7.67. The number of amides is 3. The lowest BCUT2D eigenvalue weighted by Gasteiger charge is -2.29. The Kier molecular flexibility index (Phi) is 5.31. The summed E-state index contributed by atoms with van der Waals surface area (Å²) in [6.07, 6.45) is 4.44. The van der Waals surface area contributed by atoms with Gasteiger partial charge in [-0.3, -0.25) is 24.6 Å². The van der Waals surface area contributed by atoms with Gasteiger partial charge in [0.05, 0.1) is 11.8 Å². The van der Waals surface area contributed by atoms with Crippen LogP contribution in [0.4, 0.5) is 5.69 Å². The van der Waals surface area contributed by atoms with Crippen LogP contribution in [0.1, 0.15) is 31.7 Å². The van der Waals surface area contributed by atoms with Crippen molar-refractivity contribution in [3.63, 3.8) is 0 Å². The fourth-order valence-electron chi connectivity index (χ4n) is 4.86. The minimum absolute atomic E-state index is 0.129. The lowest BCUT2D eigenvalue weighted by atomic mass is 9.76. The van der Waals surface area contributed by atoms with Gasteiger partial charge in [-0.25, -0.2) is 0 Å². The van der Waals surface area contributed by atoms with Crippen molar-refractivity contribution in [2.75, 3.05) is 23.9 Å². The molecule has 4 rings (SSSR count). The molecule has 3 aliphatic rings. The Morgan fingerprint density at radius 3 is 2.75 bits per heavy atom. The van der Waals surface area contributed by atoms with E-state index < -0.39 is 17.4 Å². The van der Waals surface area contributed by atoms with E-state index in [1.165, 1.54) is 4.90 Å². The highest BCUT2D eigenvalue weighted by atomic mass is 79.9. The summed E-state index contributed by atoms with van der Waals surface area (Å²) in [6.45, 7) is 2.47. The average molecular weight is 466 g/mol. The molecule has 6 nitrogen and oxygen atoms in total. The Hall–Kier alpha value is -1.38. The zero-order chi connectivity index (χ0) is 20.1. The molecule has 2 saturated heterocycles. The first-order valence-corrected chi connectivity index (χ1v) is 11.9. The third kappa shape index (κ3) is 2.75. The number of carbonyl (C=O) groups excluding carboxylic acids is 3. The number of halogens is 1. The average Bonchev–Trinajstić information content (AvgIpc) is 3.24. The van der Waals surface area contributed by atoms with E-state index in [2.05, 4.69) is 26.6 Å². The van der Waals surface area contributed by atoms with Crippen LogP contribution in [0.25, 0.3) is 0 Å². The van der Waals surface area contributed by atoms with Gasteiger partial charge in [0.2, 0.25) is 17.7 Å². The highest BCUT2D eigenvalue weighted by Crippen LogP contribution is 2.53. The molecule has 1 spiro atoms. The highest BCUT2D eigenvalue weighted by molar-refractivity contribution is 9.10. The smallest absolute Gasteiger partial charge is 0.250 e. The Bertz CT molecular complexity index is 848. The van der Waals surface area contributed by atoms with Crippen molar-refractivity contribution in [3.8, 4) is 0 Å². The molecule has 2 N–H and O–H groups in total. The Labute approximate surface area is 177 Å². The number of hydrogen-bond acceptors (Lipinski definition) is 5. The molecule has 28 heavy (non-hydrogen) atoms. The van der Waals surface area contributed by atoms with Crippen LogP contribution in [-0.4, -0.2) is 47.2 Å². The monoisotopic (exact) mass is 465 g/mol. The maximum Gasteiger partial charge on any atom is 0.250 e. The molecular formula is C20H24BrN3O3S. The number of imide groups is 1. The first kappa shape index (κ1) is 19.9. The van der Waals surface area contributed by atoms with E-state index in [0.29, 0.717) is 12.2 Å². The molecule has 3 amide bonds. The van der Waals surface area contributed by atoms with E-state index in [1.54, 1.807) is 11.8 Å². The number of anilines is 1. The molecule has 0 aliphatic carbocycles. The van der Waals surface area contributed by atoms with Gasteiger partial charge in [0, 0.05) is 28.3 Å². The fraction of sp³-hybridized carbons (Fsp3) is 0.550. The second kappa shape index (κ2) is 7.46. The van der Waals surface area contributed by atoms with Crippen molar-refractivity contribution in [1.82, 2.24) is 10.2 Å². The molecule has 0 radical (unpaired) electrons. The maximum absolute atomic E-state index is 13.4. The number of thioether (sulfide) groups is 1. The van der Waals surface area contributed by atoms with Gasteiger partial charge in [-0.1, -0.05) is 29.3 Å². The number of nitrogens with one attached hydrogen (secondary N) is 2. The van der Waals surface area contributed by atoms with Crippen LogP contribution in [0.15, 0.2) is 22.7 Å². The number of unbranched alkanes of at least 4 members (excludes halogenated alkanes) is 1. The van der Waals surface area contributed by atoms with Gasteiger partial charge >= 0.3 is 0 Å². The number of carbonyl (C=O) groups is 3. The van der Waals surface area contributed by atoms with Crippen LogP contribution < -0.4 is 10.6 Å². The molecule has 0 unspecified atom stereocenters. The fourth-order valence-corrected chi connectivity index (χ4v) is 5.71. The second-order valence-corrected chi connectivity index (χ2v) is 9.57.